The summed E-state index contributed by atoms with van der Waals surface area (Å²) < 4.78 is 5.30. The maximum Gasteiger partial charge on any atom is 0.255 e. The highest BCUT2D eigenvalue weighted by atomic mass is 16.5. The zero-order valence-electron chi connectivity index (χ0n) is 14.2. The minimum absolute atomic E-state index is 0.140. The van der Waals surface area contributed by atoms with Gasteiger partial charge in [0.1, 0.15) is 0 Å². The summed E-state index contributed by atoms with van der Waals surface area (Å²) in [6, 6.07) is 18.6. The summed E-state index contributed by atoms with van der Waals surface area (Å²) in [4.78, 5) is 12.4. The Morgan fingerprint density at radius 2 is 1.88 bits per heavy atom. The Labute approximate surface area is 146 Å². The molecule has 5 nitrogen and oxygen atoms in total. The van der Waals surface area contributed by atoms with Crippen LogP contribution >= 0.6 is 0 Å². The third kappa shape index (κ3) is 4.20. The van der Waals surface area contributed by atoms with Crippen LogP contribution in [0, 0.1) is 6.92 Å². The van der Waals surface area contributed by atoms with Gasteiger partial charge < -0.3 is 10.1 Å². The van der Waals surface area contributed by atoms with Crippen LogP contribution < -0.4 is 10.1 Å². The van der Waals surface area contributed by atoms with E-state index in [9.17, 15) is 4.79 Å². The molecule has 3 rings (SSSR count). The van der Waals surface area contributed by atoms with Crippen LogP contribution in [0.3, 0.4) is 0 Å². The van der Waals surface area contributed by atoms with Crippen molar-refractivity contribution in [1.29, 1.82) is 0 Å². The van der Waals surface area contributed by atoms with Gasteiger partial charge in [0, 0.05) is 22.9 Å². The number of aromatic nitrogens is 2. The predicted octanol–water partition coefficient (Wildman–Crippen LogP) is 4.10. The number of carbonyl (C=O) groups excluding carboxylic acids is 1. The first-order chi connectivity index (χ1) is 12.2. The zero-order valence-corrected chi connectivity index (χ0v) is 14.2. The number of carbonyl (C=O) groups is 1. The standard InChI is InChI=1S/C20H19N3O2/c1-3-25-19-11-10-18(22-23-19)15-7-5-9-17(13-15)21-20(24)16-8-4-6-14(2)12-16/h4-13H,3H2,1-2H3,(H,21,24). The lowest BCUT2D eigenvalue weighted by Crippen LogP contribution is -2.11. The average molecular weight is 333 g/mol. The van der Waals surface area contributed by atoms with Gasteiger partial charge in [0.05, 0.1) is 12.3 Å². The van der Waals surface area contributed by atoms with Gasteiger partial charge in [-0.3, -0.25) is 4.79 Å². The number of nitrogens with one attached hydrogen (secondary N) is 1. The maximum absolute atomic E-state index is 12.4. The van der Waals surface area contributed by atoms with Crippen molar-refractivity contribution in [1.82, 2.24) is 10.2 Å². The minimum atomic E-state index is -0.140. The molecule has 0 atom stereocenters. The maximum atomic E-state index is 12.4. The molecule has 2 aromatic carbocycles. The van der Waals surface area contributed by atoms with E-state index < -0.39 is 0 Å². The molecule has 0 unspecified atom stereocenters. The molecule has 0 radical (unpaired) electrons. The van der Waals surface area contributed by atoms with Crippen LogP contribution in [0.25, 0.3) is 11.3 Å². The Kier molecular flexibility index (Phi) is 5.04. The quantitative estimate of drug-likeness (QED) is 0.763. The summed E-state index contributed by atoms with van der Waals surface area (Å²) in [5, 5.41) is 11.1. The van der Waals surface area contributed by atoms with Crippen molar-refractivity contribution in [2.45, 2.75) is 13.8 Å². The van der Waals surface area contributed by atoms with Crippen LogP contribution in [0.5, 0.6) is 5.88 Å². The highest BCUT2D eigenvalue weighted by Crippen LogP contribution is 2.22. The predicted molar refractivity (Wildman–Crippen MR) is 97.8 cm³/mol. The molecule has 5 heteroatoms. The number of hydrogen-bond acceptors (Lipinski definition) is 4. The van der Waals surface area contributed by atoms with Gasteiger partial charge in [0.25, 0.3) is 5.91 Å². The second kappa shape index (κ2) is 7.57. The summed E-state index contributed by atoms with van der Waals surface area (Å²) in [5.41, 5.74) is 3.98. The molecule has 0 bridgehead atoms. The normalized spacial score (nSPS) is 10.3. The summed E-state index contributed by atoms with van der Waals surface area (Å²) in [5.74, 6) is 0.355. The molecule has 1 aromatic heterocycles. The van der Waals surface area contributed by atoms with Crippen LogP contribution in [0.1, 0.15) is 22.8 Å². The molecule has 0 aliphatic heterocycles. The van der Waals surface area contributed by atoms with Gasteiger partial charge in [-0.05, 0) is 44.2 Å². The Morgan fingerprint density at radius 1 is 1.04 bits per heavy atom. The molecular weight excluding hydrogens is 314 g/mol. The largest absolute Gasteiger partial charge is 0.477 e. The number of nitrogens with zero attached hydrogens (tertiary/aromatic N) is 2. The van der Waals surface area contributed by atoms with Crippen molar-refractivity contribution in [2.24, 2.45) is 0 Å². The fourth-order valence-corrected chi connectivity index (χ4v) is 2.44. The molecule has 3 aromatic rings. The highest BCUT2D eigenvalue weighted by molar-refractivity contribution is 6.04. The van der Waals surface area contributed by atoms with E-state index in [0.717, 1.165) is 16.8 Å². The van der Waals surface area contributed by atoms with Crippen molar-refractivity contribution in [3.63, 3.8) is 0 Å². The zero-order chi connectivity index (χ0) is 17.6. The smallest absolute Gasteiger partial charge is 0.255 e. The number of hydrogen-bond donors (Lipinski definition) is 1. The van der Waals surface area contributed by atoms with Gasteiger partial charge in [-0.15, -0.1) is 10.2 Å². The van der Waals surface area contributed by atoms with Crippen LogP contribution in [0.4, 0.5) is 5.69 Å². The van der Waals surface area contributed by atoms with Crippen LogP contribution in [0.15, 0.2) is 60.7 Å². The van der Waals surface area contributed by atoms with Gasteiger partial charge >= 0.3 is 0 Å². The van der Waals surface area contributed by atoms with Crippen molar-refractivity contribution in [3.8, 4) is 17.1 Å². The lowest BCUT2D eigenvalue weighted by Gasteiger charge is -2.08. The molecule has 1 heterocycles. The van der Waals surface area contributed by atoms with E-state index in [4.69, 9.17) is 4.74 Å². The number of aryl methyl sites for hydroxylation is 1. The van der Waals surface area contributed by atoms with Gasteiger partial charge in [0.2, 0.25) is 5.88 Å². The van der Waals surface area contributed by atoms with Gasteiger partial charge in [-0.1, -0.05) is 29.8 Å². The number of ether oxygens (including phenoxy) is 1. The Hall–Kier alpha value is -3.21. The monoisotopic (exact) mass is 333 g/mol. The first-order valence-corrected chi connectivity index (χ1v) is 8.10. The molecule has 126 valence electrons. The number of amides is 1. The molecule has 25 heavy (non-hydrogen) atoms. The number of benzene rings is 2. The Balaban J connectivity index is 1.78. The van der Waals surface area contributed by atoms with Crippen molar-refractivity contribution in [2.75, 3.05) is 11.9 Å². The second-order valence-electron chi connectivity index (χ2n) is 5.59. The molecule has 0 saturated heterocycles. The molecule has 0 aliphatic rings. The molecular formula is C20H19N3O2. The molecule has 1 amide bonds. The molecule has 0 aliphatic carbocycles. The van der Waals surface area contributed by atoms with Gasteiger partial charge in [-0.2, -0.15) is 0 Å². The van der Waals surface area contributed by atoms with Crippen molar-refractivity contribution in [3.05, 3.63) is 71.8 Å². The molecule has 1 N–H and O–H groups in total. The van der Waals surface area contributed by atoms with E-state index >= 15 is 0 Å². The Bertz CT molecular complexity index is 876. The topological polar surface area (TPSA) is 64.1 Å². The molecule has 0 spiro atoms. The molecule has 0 saturated carbocycles. The highest BCUT2D eigenvalue weighted by Gasteiger charge is 2.08. The summed E-state index contributed by atoms with van der Waals surface area (Å²) in [6.07, 6.45) is 0. The first kappa shape index (κ1) is 16.6. The summed E-state index contributed by atoms with van der Waals surface area (Å²) in [7, 11) is 0. The fourth-order valence-electron chi connectivity index (χ4n) is 2.44. The average Bonchev–Trinajstić information content (AvgIpc) is 2.63. The SMILES string of the molecule is CCOc1ccc(-c2cccc(NC(=O)c3cccc(C)c3)c2)nn1. The van der Waals surface area contributed by atoms with Crippen molar-refractivity contribution >= 4 is 11.6 Å². The summed E-state index contributed by atoms with van der Waals surface area (Å²) in [6.45, 7) is 4.41. The lowest BCUT2D eigenvalue weighted by atomic mass is 10.1. The van der Waals surface area contributed by atoms with Gasteiger partial charge in [0.15, 0.2) is 0 Å². The lowest BCUT2D eigenvalue weighted by molar-refractivity contribution is 0.102. The fraction of sp³-hybridized carbons (Fsp3) is 0.150. The Morgan fingerprint density at radius 3 is 2.60 bits per heavy atom. The van der Waals surface area contributed by atoms with Crippen LogP contribution in [-0.4, -0.2) is 22.7 Å². The second-order valence-corrected chi connectivity index (χ2v) is 5.59. The number of rotatable bonds is 5. The van der Waals surface area contributed by atoms with E-state index in [1.807, 2.05) is 62.4 Å². The van der Waals surface area contributed by atoms with Crippen LogP contribution in [-0.2, 0) is 0 Å². The van der Waals surface area contributed by atoms with E-state index in [2.05, 4.69) is 15.5 Å². The third-order valence-corrected chi connectivity index (χ3v) is 3.63. The van der Waals surface area contributed by atoms with Crippen molar-refractivity contribution < 1.29 is 9.53 Å². The minimum Gasteiger partial charge on any atom is -0.477 e. The third-order valence-electron chi connectivity index (χ3n) is 3.63. The first-order valence-electron chi connectivity index (χ1n) is 8.10. The van der Waals surface area contributed by atoms with E-state index in [1.54, 1.807) is 12.1 Å². The summed E-state index contributed by atoms with van der Waals surface area (Å²) >= 11 is 0. The van der Waals surface area contributed by atoms with E-state index in [1.165, 1.54) is 0 Å². The number of anilines is 1. The van der Waals surface area contributed by atoms with Crippen LogP contribution in [0.2, 0.25) is 0 Å². The van der Waals surface area contributed by atoms with E-state index in [-0.39, 0.29) is 5.91 Å². The molecule has 0 fully saturated rings. The van der Waals surface area contributed by atoms with Gasteiger partial charge in [-0.25, -0.2) is 0 Å². The van der Waals surface area contributed by atoms with E-state index in [0.29, 0.717) is 23.7 Å².